The number of rotatable bonds is 4. The maximum Gasteiger partial charge on any atom is 0.137 e. The van der Waals surface area contributed by atoms with E-state index in [-0.39, 0.29) is 12.1 Å². The van der Waals surface area contributed by atoms with E-state index in [1.54, 1.807) is 0 Å². The van der Waals surface area contributed by atoms with Crippen molar-refractivity contribution in [2.45, 2.75) is 32.4 Å². The third-order valence-electron chi connectivity index (χ3n) is 3.79. The number of fused-ring (bicyclic) bond motifs is 1. The molecule has 3 rings (SSSR count). The Morgan fingerprint density at radius 2 is 2.10 bits per heavy atom. The van der Waals surface area contributed by atoms with Crippen molar-refractivity contribution in [3.8, 4) is 11.5 Å². The van der Waals surface area contributed by atoms with E-state index < -0.39 is 0 Å². The van der Waals surface area contributed by atoms with Gasteiger partial charge in [-0.3, -0.25) is 0 Å². The van der Waals surface area contributed by atoms with Crippen molar-refractivity contribution in [2.75, 3.05) is 6.61 Å². The van der Waals surface area contributed by atoms with Crippen LogP contribution in [0.15, 0.2) is 42.5 Å². The van der Waals surface area contributed by atoms with Crippen molar-refractivity contribution >= 4 is 0 Å². The Labute approximate surface area is 125 Å². The van der Waals surface area contributed by atoms with Crippen molar-refractivity contribution in [3.63, 3.8) is 0 Å². The number of aryl methyl sites for hydroxylation is 1. The first-order valence-corrected chi connectivity index (χ1v) is 7.37. The second-order valence-corrected chi connectivity index (χ2v) is 5.69. The quantitative estimate of drug-likeness (QED) is 0.935. The average molecular weight is 283 g/mol. The van der Waals surface area contributed by atoms with Crippen LogP contribution in [0.3, 0.4) is 0 Å². The molecule has 0 aliphatic carbocycles. The van der Waals surface area contributed by atoms with Crippen LogP contribution in [0.4, 0.5) is 0 Å². The van der Waals surface area contributed by atoms with Crippen molar-refractivity contribution in [2.24, 2.45) is 5.73 Å². The highest BCUT2D eigenvalue weighted by Gasteiger charge is 2.23. The van der Waals surface area contributed by atoms with Crippen LogP contribution in [0.5, 0.6) is 11.5 Å². The Bertz CT molecular complexity index is 637. The lowest BCUT2D eigenvalue weighted by molar-refractivity contribution is 0.147. The minimum absolute atomic E-state index is 0.0365. The third-order valence-corrected chi connectivity index (χ3v) is 3.79. The Balaban J connectivity index is 1.65. The topological polar surface area (TPSA) is 44.5 Å². The zero-order valence-electron chi connectivity index (χ0n) is 12.5. The van der Waals surface area contributed by atoms with Gasteiger partial charge in [-0.1, -0.05) is 35.9 Å². The molecule has 0 fully saturated rings. The molecule has 2 atom stereocenters. The molecule has 0 saturated heterocycles. The Morgan fingerprint density at radius 1 is 1.29 bits per heavy atom. The van der Waals surface area contributed by atoms with Gasteiger partial charge in [0, 0.05) is 18.0 Å². The molecule has 3 nitrogen and oxygen atoms in total. The summed E-state index contributed by atoms with van der Waals surface area (Å²) in [6.45, 7) is 4.60. The van der Waals surface area contributed by atoms with Crippen LogP contribution in [-0.2, 0) is 6.42 Å². The summed E-state index contributed by atoms with van der Waals surface area (Å²) in [5, 5.41) is 0. The molecule has 2 aromatic carbocycles. The summed E-state index contributed by atoms with van der Waals surface area (Å²) in [5.41, 5.74) is 9.54. The summed E-state index contributed by atoms with van der Waals surface area (Å²) >= 11 is 0. The zero-order chi connectivity index (χ0) is 14.8. The van der Waals surface area contributed by atoms with E-state index in [1.165, 1.54) is 11.1 Å². The molecule has 1 aliphatic heterocycles. The highest BCUT2D eigenvalue weighted by molar-refractivity contribution is 5.40. The van der Waals surface area contributed by atoms with Gasteiger partial charge in [0.1, 0.15) is 24.2 Å². The van der Waals surface area contributed by atoms with Gasteiger partial charge >= 0.3 is 0 Å². The van der Waals surface area contributed by atoms with Gasteiger partial charge in [-0.05, 0) is 31.5 Å². The van der Waals surface area contributed by atoms with Gasteiger partial charge in [0.15, 0.2) is 0 Å². The fourth-order valence-corrected chi connectivity index (χ4v) is 2.71. The largest absolute Gasteiger partial charge is 0.489 e. The summed E-state index contributed by atoms with van der Waals surface area (Å²) in [4.78, 5) is 0. The first-order valence-electron chi connectivity index (χ1n) is 7.37. The third kappa shape index (κ3) is 3.03. The number of ether oxygens (including phenoxy) is 2. The standard InChI is InChI=1S/C18H21NO2/c1-12-7-8-17-14(9-12)10-15(21-17)11-20-18-6-4-3-5-16(18)13(2)19/h3-9,13,15H,10-11,19H2,1-2H3. The highest BCUT2D eigenvalue weighted by Crippen LogP contribution is 2.30. The first-order chi connectivity index (χ1) is 10.1. The van der Waals surface area contributed by atoms with Crippen LogP contribution < -0.4 is 15.2 Å². The second kappa shape index (κ2) is 5.78. The molecule has 21 heavy (non-hydrogen) atoms. The molecule has 0 amide bonds. The van der Waals surface area contributed by atoms with Gasteiger partial charge in [0.2, 0.25) is 0 Å². The normalized spacial score (nSPS) is 18.0. The highest BCUT2D eigenvalue weighted by atomic mass is 16.5. The molecular weight excluding hydrogens is 262 g/mol. The number of para-hydroxylation sites is 1. The molecule has 2 aromatic rings. The molecule has 3 heteroatoms. The number of hydrogen-bond donors (Lipinski definition) is 1. The van der Waals surface area contributed by atoms with Crippen LogP contribution in [0.1, 0.15) is 29.7 Å². The Morgan fingerprint density at radius 3 is 2.90 bits per heavy atom. The molecule has 2 unspecified atom stereocenters. The summed E-state index contributed by atoms with van der Waals surface area (Å²) in [6.07, 6.45) is 0.972. The molecular formula is C18H21NO2. The summed E-state index contributed by atoms with van der Waals surface area (Å²) in [7, 11) is 0. The Kier molecular flexibility index (Phi) is 3.84. The molecule has 0 aromatic heterocycles. The lowest BCUT2D eigenvalue weighted by Crippen LogP contribution is -2.23. The molecule has 110 valence electrons. The van der Waals surface area contributed by atoms with Crippen molar-refractivity contribution in [1.82, 2.24) is 0 Å². The fourth-order valence-electron chi connectivity index (χ4n) is 2.71. The monoisotopic (exact) mass is 283 g/mol. The Hall–Kier alpha value is -2.00. The van der Waals surface area contributed by atoms with E-state index in [1.807, 2.05) is 37.3 Å². The van der Waals surface area contributed by atoms with E-state index in [9.17, 15) is 0 Å². The van der Waals surface area contributed by atoms with Gasteiger partial charge in [0.05, 0.1) is 0 Å². The zero-order valence-corrected chi connectivity index (χ0v) is 12.5. The van der Waals surface area contributed by atoms with Gasteiger partial charge in [-0.25, -0.2) is 0 Å². The molecule has 0 radical (unpaired) electrons. The van der Waals surface area contributed by atoms with Gasteiger partial charge in [0.25, 0.3) is 0 Å². The minimum atomic E-state index is -0.0365. The van der Waals surface area contributed by atoms with Crippen LogP contribution in [0, 0.1) is 6.92 Å². The second-order valence-electron chi connectivity index (χ2n) is 5.69. The molecule has 1 aliphatic rings. The summed E-state index contributed by atoms with van der Waals surface area (Å²) in [6, 6.07) is 14.2. The van der Waals surface area contributed by atoms with E-state index in [4.69, 9.17) is 15.2 Å². The smallest absolute Gasteiger partial charge is 0.137 e. The maximum atomic E-state index is 5.97. The molecule has 2 N–H and O–H groups in total. The fraction of sp³-hybridized carbons (Fsp3) is 0.333. The summed E-state index contributed by atoms with van der Waals surface area (Å²) < 4.78 is 11.9. The predicted octanol–water partition coefficient (Wildman–Crippen LogP) is 3.40. The molecule has 1 heterocycles. The van der Waals surface area contributed by atoms with E-state index in [0.717, 1.165) is 23.5 Å². The molecule has 0 bridgehead atoms. The first kappa shape index (κ1) is 14.0. The van der Waals surface area contributed by atoms with Gasteiger partial charge in [-0.2, -0.15) is 0 Å². The number of nitrogens with two attached hydrogens (primary N) is 1. The van der Waals surface area contributed by atoms with E-state index in [0.29, 0.717) is 6.61 Å². The van der Waals surface area contributed by atoms with Crippen LogP contribution >= 0.6 is 0 Å². The lowest BCUT2D eigenvalue weighted by Gasteiger charge is -2.16. The SMILES string of the molecule is Cc1ccc2c(c1)CC(COc1ccccc1C(C)N)O2. The van der Waals surface area contributed by atoms with Crippen molar-refractivity contribution < 1.29 is 9.47 Å². The number of hydrogen-bond acceptors (Lipinski definition) is 3. The molecule has 0 saturated carbocycles. The summed E-state index contributed by atoms with van der Waals surface area (Å²) in [5.74, 6) is 1.83. The lowest BCUT2D eigenvalue weighted by atomic mass is 10.1. The number of benzene rings is 2. The van der Waals surface area contributed by atoms with Gasteiger partial charge < -0.3 is 15.2 Å². The van der Waals surface area contributed by atoms with E-state index in [2.05, 4.69) is 19.1 Å². The van der Waals surface area contributed by atoms with Crippen molar-refractivity contribution in [1.29, 1.82) is 0 Å². The van der Waals surface area contributed by atoms with Crippen LogP contribution in [-0.4, -0.2) is 12.7 Å². The maximum absolute atomic E-state index is 5.97. The van der Waals surface area contributed by atoms with Gasteiger partial charge in [-0.15, -0.1) is 0 Å². The average Bonchev–Trinajstić information content (AvgIpc) is 2.87. The van der Waals surface area contributed by atoms with E-state index >= 15 is 0 Å². The minimum Gasteiger partial charge on any atom is -0.489 e. The van der Waals surface area contributed by atoms with Crippen LogP contribution in [0.2, 0.25) is 0 Å². The van der Waals surface area contributed by atoms with Crippen LogP contribution in [0.25, 0.3) is 0 Å². The molecule has 0 spiro atoms. The van der Waals surface area contributed by atoms with Crippen molar-refractivity contribution in [3.05, 3.63) is 59.2 Å². The predicted molar refractivity (Wildman–Crippen MR) is 83.8 cm³/mol.